The summed E-state index contributed by atoms with van der Waals surface area (Å²) in [4.78, 5) is 34.4. The summed E-state index contributed by atoms with van der Waals surface area (Å²) < 4.78 is 30.2. The van der Waals surface area contributed by atoms with E-state index < -0.39 is 18.1 Å². The number of thiazole rings is 1. The highest BCUT2D eigenvalue weighted by atomic mass is 32.1. The summed E-state index contributed by atoms with van der Waals surface area (Å²) in [5, 5.41) is 40.6. The normalized spacial score (nSPS) is 15.4. The van der Waals surface area contributed by atoms with Gasteiger partial charge in [0.05, 0.1) is 92.6 Å². The van der Waals surface area contributed by atoms with Gasteiger partial charge in [-0.1, -0.05) is 55.4 Å². The van der Waals surface area contributed by atoms with Crippen LogP contribution < -0.4 is 11.1 Å². The van der Waals surface area contributed by atoms with Crippen LogP contribution in [0.1, 0.15) is 55.3 Å². The molecule has 19 heteroatoms. The maximum atomic E-state index is 14.0. The number of para-hydroxylation sites is 1. The highest BCUT2D eigenvalue weighted by molar-refractivity contribution is 7.13. The number of nitrogen functional groups attached to an aromatic ring is 1. The largest absolute Gasteiger partial charge is 0.507 e. The van der Waals surface area contributed by atoms with Gasteiger partial charge in [-0.15, -0.1) is 21.5 Å². The summed E-state index contributed by atoms with van der Waals surface area (Å²) in [6, 6.07) is 17.7. The Hall–Kier alpha value is -6.09. The molecule has 5 heterocycles. The number of carbonyl (C=O) groups excluding carboxylic acids is 2. The van der Waals surface area contributed by atoms with Gasteiger partial charge in [-0.25, -0.2) is 4.98 Å². The van der Waals surface area contributed by atoms with E-state index in [-0.39, 0.29) is 42.3 Å². The van der Waals surface area contributed by atoms with Crippen molar-refractivity contribution in [3.8, 4) is 38.6 Å². The number of phenols is 1. The first kappa shape index (κ1) is 48.8. The van der Waals surface area contributed by atoms with E-state index in [0.29, 0.717) is 107 Å². The first-order valence-corrected chi connectivity index (χ1v) is 23.4. The van der Waals surface area contributed by atoms with Crippen molar-refractivity contribution in [3.63, 3.8) is 0 Å². The number of aromatic nitrogens is 6. The predicted octanol–water partition coefficient (Wildman–Crippen LogP) is 5.43. The number of likely N-dealkylation sites (tertiary alicyclic amines) is 1. The average Bonchev–Trinajstić information content (AvgIpc) is 4.16. The van der Waals surface area contributed by atoms with Crippen LogP contribution in [0.5, 0.6) is 5.75 Å². The monoisotopic (exact) mass is 937 g/mol. The Kier molecular flexibility index (Phi) is 17.6. The number of aliphatic hydroxyl groups excluding tert-OH is 1. The first-order chi connectivity index (χ1) is 32.5. The van der Waals surface area contributed by atoms with E-state index in [9.17, 15) is 19.8 Å². The number of nitrogens with two attached hydrogens (primary N) is 1. The van der Waals surface area contributed by atoms with Crippen LogP contribution in [0.25, 0.3) is 32.8 Å². The van der Waals surface area contributed by atoms with E-state index in [1.807, 2.05) is 62.8 Å². The molecule has 0 aliphatic carbocycles. The highest BCUT2D eigenvalue weighted by Crippen LogP contribution is 2.33. The number of aromatic hydroxyl groups is 1. The summed E-state index contributed by atoms with van der Waals surface area (Å²) >= 11 is 1.59. The molecular weight excluding hydrogens is 879 g/mol. The smallest absolute Gasteiger partial charge is 0.243 e. The van der Waals surface area contributed by atoms with E-state index >= 15 is 0 Å². The molecule has 1 aliphatic heterocycles. The number of rotatable bonds is 25. The minimum atomic E-state index is -0.806. The zero-order valence-corrected chi connectivity index (χ0v) is 38.9. The van der Waals surface area contributed by atoms with Crippen LogP contribution in [-0.4, -0.2) is 129 Å². The van der Waals surface area contributed by atoms with Gasteiger partial charge < -0.3 is 49.6 Å². The molecule has 0 bridgehead atoms. The van der Waals surface area contributed by atoms with Gasteiger partial charge in [0.2, 0.25) is 11.8 Å². The minimum absolute atomic E-state index is 0.0695. The third-order valence-electron chi connectivity index (χ3n) is 11.4. The summed E-state index contributed by atoms with van der Waals surface area (Å²) in [6.07, 6.45) is 4.22. The Morgan fingerprint density at radius 1 is 0.925 bits per heavy atom. The molecule has 7 rings (SSSR count). The van der Waals surface area contributed by atoms with Crippen molar-refractivity contribution in [1.82, 2.24) is 40.3 Å². The third-order valence-corrected chi connectivity index (χ3v) is 12.3. The van der Waals surface area contributed by atoms with Crippen LogP contribution >= 0.6 is 11.3 Å². The van der Waals surface area contributed by atoms with Crippen LogP contribution in [-0.2, 0) is 48.0 Å². The Bertz CT molecular complexity index is 2510. The van der Waals surface area contributed by atoms with Crippen LogP contribution in [0, 0.1) is 12.8 Å². The number of aliphatic hydroxyl groups is 1. The number of hydrogen-bond donors (Lipinski definition) is 4. The van der Waals surface area contributed by atoms with Crippen molar-refractivity contribution in [2.75, 3.05) is 65.1 Å². The van der Waals surface area contributed by atoms with Gasteiger partial charge in [-0.2, -0.15) is 5.10 Å². The molecule has 4 aromatic heterocycles. The number of anilines is 1. The molecule has 0 spiro atoms. The van der Waals surface area contributed by atoms with E-state index in [0.717, 1.165) is 27.3 Å². The van der Waals surface area contributed by atoms with Crippen molar-refractivity contribution >= 4 is 29.0 Å². The topological polar surface area (TPSA) is 235 Å². The zero-order chi connectivity index (χ0) is 47.1. The number of β-amino-alcohol motifs (C(OH)–C–C–N with tert-alkyl or cyclic N) is 1. The van der Waals surface area contributed by atoms with Gasteiger partial charge in [-0.05, 0) is 55.0 Å². The van der Waals surface area contributed by atoms with Crippen molar-refractivity contribution in [2.24, 2.45) is 5.92 Å². The molecule has 2 amide bonds. The number of nitrogens with one attached hydrogen (secondary N) is 1. The molecule has 356 valence electrons. The summed E-state index contributed by atoms with van der Waals surface area (Å²) in [6.45, 7) is 10.3. The highest BCUT2D eigenvalue weighted by Gasteiger charge is 2.43. The number of benzene rings is 2. The van der Waals surface area contributed by atoms with E-state index in [1.54, 1.807) is 52.5 Å². The van der Waals surface area contributed by atoms with Crippen molar-refractivity contribution in [1.29, 1.82) is 0 Å². The molecule has 3 atom stereocenters. The lowest BCUT2D eigenvalue weighted by atomic mass is 9.91. The van der Waals surface area contributed by atoms with Crippen LogP contribution in [0.4, 0.5) is 5.82 Å². The van der Waals surface area contributed by atoms with E-state index in [2.05, 4.69) is 30.8 Å². The zero-order valence-electron chi connectivity index (χ0n) is 38.1. The summed E-state index contributed by atoms with van der Waals surface area (Å²) in [5.41, 5.74) is 14.2. The Labute approximate surface area is 393 Å². The molecule has 5 N–H and O–H groups in total. The third kappa shape index (κ3) is 13.3. The standard InChI is InChI=1S/C48H59N9O9S/c1-31(2)44(48(61)57-29-37(58)24-41(57)47(60)50-26-33-10-12-34(13-11-33)45-32(3)51-30-67-45)43-23-36(55-66-43)7-6-15-62-17-19-64-21-22-65-20-18-63-16-14-56-28-35(27-52-56)39-25-40(53-54-46(39)49)38-8-4-5-9-42(38)59/h4-5,8-13,23,25,27-28,30-31,37,41,44,58-59H,6-7,14-22,24,26,29H2,1-3H3,(H2,49,54)(H,50,60)/t37-,41+,44+/m1/s1. The SMILES string of the molecule is Cc1ncsc1-c1ccc(CNC(=O)[C@@H]2C[C@@H](O)CN2C(=O)[C@H](c2cc(CCCOCCOCCOCCOCCn3cc(-c4cc(-c5ccccc5O)nnc4N)cn3)no2)C(C)C)cc1. The first-order valence-electron chi connectivity index (χ1n) is 22.5. The molecule has 6 aromatic rings. The Balaban J connectivity index is 0.729. The second-order valence-electron chi connectivity index (χ2n) is 16.6. The lowest BCUT2D eigenvalue weighted by Crippen LogP contribution is -2.48. The van der Waals surface area contributed by atoms with Gasteiger partial charge >= 0.3 is 0 Å². The number of nitrogens with zero attached hydrogens (tertiary/aromatic N) is 7. The predicted molar refractivity (Wildman–Crippen MR) is 251 cm³/mol. The number of phenolic OH excluding ortho intramolecular Hbond substituents is 1. The van der Waals surface area contributed by atoms with Crippen LogP contribution in [0.15, 0.2) is 83.1 Å². The summed E-state index contributed by atoms with van der Waals surface area (Å²) in [5.74, 6) is -0.566. The second kappa shape index (κ2) is 24.1. The molecule has 1 fully saturated rings. The molecule has 2 aromatic carbocycles. The number of carbonyl (C=O) groups is 2. The summed E-state index contributed by atoms with van der Waals surface area (Å²) in [7, 11) is 0. The van der Waals surface area contributed by atoms with Gasteiger partial charge in [-0.3, -0.25) is 14.3 Å². The lowest BCUT2D eigenvalue weighted by molar-refractivity contribution is -0.141. The number of amides is 2. The van der Waals surface area contributed by atoms with Gasteiger partial charge in [0.1, 0.15) is 23.5 Å². The molecule has 18 nitrogen and oxygen atoms in total. The quantitative estimate of drug-likeness (QED) is 0.0524. The molecule has 1 saturated heterocycles. The maximum Gasteiger partial charge on any atom is 0.243 e. The van der Waals surface area contributed by atoms with Gasteiger partial charge in [0.25, 0.3) is 0 Å². The minimum Gasteiger partial charge on any atom is -0.507 e. The number of ether oxygens (including phenoxy) is 4. The molecule has 1 aliphatic rings. The lowest BCUT2D eigenvalue weighted by Gasteiger charge is -2.28. The average molecular weight is 938 g/mol. The fourth-order valence-electron chi connectivity index (χ4n) is 7.83. The molecular formula is C48H59N9O9S. The van der Waals surface area contributed by atoms with Gasteiger partial charge in [0.15, 0.2) is 5.82 Å². The molecule has 67 heavy (non-hydrogen) atoms. The van der Waals surface area contributed by atoms with E-state index in [1.165, 1.54) is 4.90 Å². The van der Waals surface area contributed by atoms with Crippen LogP contribution in [0.2, 0.25) is 0 Å². The fraction of sp³-hybridized carbons (Fsp3) is 0.438. The Morgan fingerprint density at radius 2 is 1.64 bits per heavy atom. The van der Waals surface area contributed by atoms with Crippen molar-refractivity contribution in [3.05, 3.63) is 101 Å². The Morgan fingerprint density at radius 3 is 2.34 bits per heavy atom. The fourth-order valence-corrected chi connectivity index (χ4v) is 8.64. The number of hydrogen-bond acceptors (Lipinski definition) is 16. The molecule has 0 unspecified atom stereocenters. The second-order valence-corrected chi connectivity index (χ2v) is 17.5. The maximum absolute atomic E-state index is 14.0. The van der Waals surface area contributed by atoms with Crippen molar-refractivity contribution in [2.45, 2.75) is 71.2 Å². The molecule has 0 radical (unpaired) electrons. The van der Waals surface area contributed by atoms with Gasteiger partial charge in [0, 0.05) is 55.1 Å². The van der Waals surface area contributed by atoms with Crippen molar-refractivity contribution < 1.29 is 43.3 Å². The number of aryl methyl sites for hydroxylation is 2. The molecule has 0 saturated carbocycles. The van der Waals surface area contributed by atoms with E-state index in [4.69, 9.17) is 29.2 Å². The van der Waals surface area contributed by atoms with Crippen LogP contribution in [0.3, 0.4) is 0 Å².